The molecule has 4 rings (SSSR count). The lowest BCUT2D eigenvalue weighted by Gasteiger charge is -2.14. The molecule has 0 spiro atoms. The van der Waals surface area contributed by atoms with Gasteiger partial charge in [-0.15, -0.1) is 11.3 Å². The van der Waals surface area contributed by atoms with Crippen LogP contribution in [0.5, 0.6) is 11.6 Å². The summed E-state index contributed by atoms with van der Waals surface area (Å²) in [5.41, 5.74) is 0.149. The first-order chi connectivity index (χ1) is 14.4. The number of guanidine groups is 1. The van der Waals surface area contributed by atoms with Crippen LogP contribution in [-0.2, 0) is 6.18 Å². The van der Waals surface area contributed by atoms with Crippen LogP contribution in [0.3, 0.4) is 0 Å². The van der Waals surface area contributed by atoms with E-state index in [1.807, 2.05) is 0 Å². The van der Waals surface area contributed by atoms with Crippen LogP contribution < -0.4 is 15.4 Å². The first kappa shape index (κ1) is 20.4. The van der Waals surface area contributed by atoms with E-state index in [-0.39, 0.29) is 11.6 Å². The summed E-state index contributed by atoms with van der Waals surface area (Å²) in [5.74, 6) is 0.768. The molecule has 1 aliphatic rings. The van der Waals surface area contributed by atoms with Gasteiger partial charge in [0.2, 0.25) is 5.88 Å². The molecule has 1 aromatic carbocycles. The Hall–Kier alpha value is -2.85. The van der Waals surface area contributed by atoms with Gasteiger partial charge in [0.15, 0.2) is 11.1 Å². The second-order valence-electron chi connectivity index (χ2n) is 6.27. The van der Waals surface area contributed by atoms with Crippen LogP contribution in [0, 0.1) is 0 Å². The molecule has 6 nitrogen and oxygen atoms in total. The molecule has 0 amide bonds. The van der Waals surface area contributed by atoms with Gasteiger partial charge in [0, 0.05) is 24.7 Å². The van der Waals surface area contributed by atoms with Crippen LogP contribution in [-0.4, -0.2) is 29.0 Å². The van der Waals surface area contributed by atoms with Crippen LogP contribution >= 0.6 is 22.9 Å². The monoisotopic (exact) mass is 453 g/mol. The molecule has 0 saturated carbocycles. The summed E-state index contributed by atoms with van der Waals surface area (Å²) in [6, 6.07) is 6.78. The lowest BCUT2D eigenvalue weighted by atomic mass is 10.2. The predicted octanol–water partition coefficient (Wildman–Crippen LogP) is 5.43. The minimum Gasteiger partial charge on any atom is -0.438 e. The van der Waals surface area contributed by atoms with Crippen molar-refractivity contribution in [2.75, 3.05) is 18.4 Å². The number of halogens is 4. The third kappa shape index (κ3) is 4.65. The molecule has 3 aromatic rings. The van der Waals surface area contributed by atoms with E-state index >= 15 is 0 Å². The highest BCUT2D eigenvalue weighted by Crippen LogP contribution is 2.39. The predicted molar refractivity (Wildman–Crippen MR) is 110 cm³/mol. The van der Waals surface area contributed by atoms with Crippen molar-refractivity contribution in [1.82, 2.24) is 15.3 Å². The average Bonchev–Trinajstić information content (AvgIpc) is 3.18. The van der Waals surface area contributed by atoms with Crippen LogP contribution in [0.4, 0.5) is 18.3 Å². The number of pyridine rings is 1. The molecule has 2 aromatic heterocycles. The molecule has 0 aliphatic carbocycles. The molecule has 0 bridgehead atoms. The second-order valence-corrected chi connectivity index (χ2v) is 7.54. The number of benzene rings is 1. The van der Waals surface area contributed by atoms with Crippen LogP contribution in [0.25, 0.3) is 11.3 Å². The summed E-state index contributed by atoms with van der Waals surface area (Å²) in [4.78, 5) is 13.0. The maximum absolute atomic E-state index is 13.1. The molecule has 11 heteroatoms. The molecule has 2 N–H and O–H groups in total. The van der Waals surface area contributed by atoms with E-state index in [0.29, 0.717) is 22.3 Å². The van der Waals surface area contributed by atoms with Crippen LogP contribution in [0.15, 0.2) is 46.9 Å². The quantitative estimate of drug-likeness (QED) is 0.551. The van der Waals surface area contributed by atoms with Crippen LogP contribution in [0.1, 0.15) is 12.0 Å². The lowest BCUT2D eigenvalue weighted by Crippen LogP contribution is -2.35. The van der Waals surface area contributed by atoms with Gasteiger partial charge in [0.25, 0.3) is 0 Å². The number of nitrogens with zero attached hydrogens (tertiary/aromatic N) is 3. The minimum atomic E-state index is -4.59. The smallest absolute Gasteiger partial charge is 0.417 e. The van der Waals surface area contributed by atoms with Crippen molar-refractivity contribution in [3.8, 4) is 22.9 Å². The Morgan fingerprint density at radius 2 is 2.10 bits per heavy atom. The SMILES string of the molecule is FC(F)(F)c1cc(Oc2ncccc2-c2csc(NC3=NCCCN3)n2)ccc1Cl. The fourth-order valence-electron chi connectivity index (χ4n) is 2.74. The van der Waals surface area contributed by atoms with E-state index in [2.05, 4.69) is 25.6 Å². The number of aromatic nitrogens is 2. The van der Waals surface area contributed by atoms with Crippen molar-refractivity contribution < 1.29 is 17.9 Å². The summed E-state index contributed by atoms with van der Waals surface area (Å²) in [5, 5.41) is 8.29. The highest BCUT2D eigenvalue weighted by Gasteiger charge is 2.33. The zero-order valence-corrected chi connectivity index (χ0v) is 16.9. The van der Waals surface area contributed by atoms with Crippen molar-refractivity contribution in [2.24, 2.45) is 4.99 Å². The summed E-state index contributed by atoms with van der Waals surface area (Å²) >= 11 is 7.04. The van der Waals surface area contributed by atoms with Gasteiger partial charge >= 0.3 is 6.18 Å². The van der Waals surface area contributed by atoms with Gasteiger partial charge in [-0.25, -0.2) is 9.97 Å². The van der Waals surface area contributed by atoms with E-state index in [4.69, 9.17) is 16.3 Å². The van der Waals surface area contributed by atoms with Gasteiger partial charge in [0.1, 0.15) is 5.75 Å². The van der Waals surface area contributed by atoms with E-state index in [1.54, 1.807) is 17.5 Å². The fraction of sp³-hybridized carbons (Fsp3) is 0.211. The zero-order valence-electron chi connectivity index (χ0n) is 15.3. The molecule has 0 saturated heterocycles. The van der Waals surface area contributed by atoms with E-state index in [9.17, 15) is 13.2 Å². The highest BCUT2D eigenvalue weighted by atomic mass is 35.5. The molecule has 0 unspecified atom stereocenters. The van der Waals surface area contributed by atoms with Gasteiger partial charge in [-0.2, -0.15) is 13.2 Å². The van der Waals surface area contributed by atoms with Crippen molar-refractivity contribution in [2.45, 2.75) is 12.6 Å². The highest BCUT2D eigenvalue weighted by molar-refractivity contribution is 7.14. The molecular formula is C19H15ClF3N5OS. The molecule has 156 valence electrons. The van der Waals surface area contributed by atoms with Gasteiger partial charge in [-0.05, 0) is 36.8 Å². The second kappa shape index (κ2) is 8.49. The molecule has 0 radical (unpaired) electrons. The van der Waals surface area contributed by atoms with E-state index < -0.39 is 16.8 Å². The Bertz CT molecular complexity index is 1090. The zero-order chi connectivity index (χ0) is 21.1. The molecular weight excluding hydrogens is 439 g/mol. The van der Waals surface area contributed by atoms with Gasteiger partial charge in [0.05, 0.1) is 21.8 Å². The Morgan fingerprint density at radius 1 is 1.23 bits per heavy atom. The number of nitrogens with one attached hydrogen (secondary N) is 2. The molecule has 1 aliphatic heterocycles. The number of aliphatic imine (C=N–C) groups is 1. The number of hydrogen-bond acceptors (Lipinski definition) is 7. The molecule has 0 fully saturated rings. The molecule has 30 heavy (non-hydrogen) atoms. The largest absolute Gasteiger partial charge is 0.438 e. The number of anilines is 1. The number of alkyl halides is 3. The first-order valence-corrected chi connectivity index (χ1v) is 10.2. The third-order valence-corrected chi connectivity index (χ3v) is 5.22. The number of ether oxygens (including phenoxy) is 1. The lowest BCUT2D eigenvalue weighted by molar-refractivity contribution is -0.137. The number of rotatable bonds is 4. The van der Waals surface area contributed by atoms with Crippen LogP contribution in [0.2, 0.25) is 5.02 Å². The Kier molecular flexibility index (Phi) is 5.78. The number of hydrogen-bond donors (Lipinski definition) is 2. The first-order valence-electron chi connectivity index (χ1n) is 8.91. The Labute approximate surface area is 178 Å². The Balaban J connectivity index is 1.59. The minimum absolute atomic E-state index is 0.0268. The summed E-state index contributed by atoms with van der Waals surface area (Å²) in [7, 11) is 0. The number of thiazole rings is 1. The molecule has 0 atom stereocenters. The van der Waals surface area contributed by atoms with E-state index in [0.717, 1.165) is 31.6 Å². The van der Waals surface area contributed by atoms with Crippen molar-refractivity contribution in [3.63, 3.8) is 0 Å². The normalized spacial score (nSPS) is 14.1. The van der Waals surface area contributed by atoms with Gasteiger partial charge in [-0.3, -0.25) is 4.99 Å². The van der Waals surface area contributed by atoms with Crippen molar-refractivity contribution in [3.05, 3.63) is 52.5 Å². The maximum Gasteiger partial charge on any atom is 0.417 e. The summed E-state index contributed by atoms with van der Waals surface area (Å²) in [6.45, 7) is 1.58. The average molecular weight is 454 g/mol. The summed E-state index contributed by atoms with van der Waals surface area (Å²) in [6.07, 6.45) is -2.12. The summed E-state index contributed by atoms with van der Waals surface area (Å²) < 4.78 is 45.0. The standard InChI is InChI=1S/C19H15ClF3N5OS/c20-14-5-4-11(9-13(14)19(21,22)23)29-16-12(3-1-6-24-16)15-10-30-18(27-15)28-17-25-7-2-8-26-17/h1,3-6,9-10H,2,7-8H2,(H2,25,26,27,28). The third-order valence-electron chi connectivity index (χ3n) is 4.13. The van der Waals surface area contributed by atoms with Gasteiger partial charge in [-0.1, -0.05) is 11.6 Å². The van der Waals surface area contributed by atoms with E-state index in [1.165, 1.54) is 23.6 Å². The van der Waals surface area contributed by atoms with Gasteiger partial charge < -0.3 is 15.4 Å². The fourth-order valence-corrected chi connectivity index (χ4v) is 3.67. The van der Waals surface area contributed by atoms with Crippen molar-refractivity contribution in [1.29, 1.82) is 0 Å². The Morgan fingerprint density at radius 3 is 2.87 bits per heavy atom. The maximum atomic E-state index is 13.1. The van der Waals surface area contributed by atoms with Crippen molar-refractivity contribution >= 4 is 34.0 Å². The topological polar surface area (TPSA) is 71.4 Å². The molecule has 3 heterocycles.